The molecule has 5 heteroatoms. The van der Waals surface area contributed by atoms with Crippen LogP contribution in [0.5, 0.6) is 0 Å². The van der Waals surface area contributed by atoms with Crippen LogP contribution in [0.4, 0.5) is 5.69 Å². The molecule has 2 atom stereocenters. The molecule has 0 saturated carbocycles. The van der Waals surface area contributed by atoms with E-state index in [1.165, 1.54) is 10.5 Å². The highest BCUT2D eigenvalue weighted by Crippen LogP contribution is 2.26. The Hall–Kier alpha value is -2.66. The number of hydrogen-bond donors (Lipinski definition) is 2. The average Bonchev–Trinajstić information content (AvgIpc) is 2.78. The number of nitrogens with zero attached hydrogens (tertiary/aromatic N) is 1. The van der Waals surface area contributed by atoms with E-state index < -0.39 is 0 Å². The van der Waals surface area contributed by atoms with Crippen molar-refractivity contribution in [2.45, 2.75) is 39.2 Å². The fraction of sp³-hybridized carbons (Fsp3) is 0.417. The minimum Gasteiger partial charge on any atom is -0.327 e. The molecular weight excluding hydrogens is 362 g/mol. The molecule has 0 bridgehead atoms. The van der Waals surface area contributed by atoms with Crippen LogP contribution < -0.4 is 10.2 Å². The molecule has 154 valence electrons. The first-order chi connectivity index (χ1) is 14.0. The number of para-hydroxylation sites is 1. The van der Waals surface area contributed by atoms with Crippen molar-refractivity contribution in [2.24, 2.45) is 0 Å². The monoisotopic (exact) mass is 394 g/mol. The van der Waals surface area contributed by atoms with E-state index in [0.29, 0.717) is 19.0 Å². The minimum atomic E-state index is -0.158. The van der Waals surface area contributed by atoms with Gasteiger partial charge in [-0.3, -0.25) is 9.59 Å². The zero-order valence-corrected chi connectivity index (χ0v) is 17.7. The average molecular weight is 395 g/mol. The molecule has 5 nitrogen and oxygen atoms in total. The Morgan fingerprint density at radius 1 is 1.00 bits per heavy atom. The van der Waals surface area contributed by atoms with Gasteiger partial charge in [-0.1, -0.05) is 50.2 Å². The zero-order chi connectivity index (χ0) is 20.8. The van der Waals surface area contributed by atoms with Gasteiger partial charge < -0.3 is 15.1 Å². The molecule has 3 rings (SSSR count). The lowest BCUT2D eigenvalue weighted by Crippen LogP contribution is -3.19. The number of hydrogen-bond acceptors (Lipinski definition) is 2. The van der Waals surface area contributed by atoms with Crippen molar-refractivity contribution < 1.29 is 14.5 Å². The fourth-order valence-corrected chi connectivity index (χ4v) is 3.88. The zero-order valence-electron chi connectivity index (χ0n) is 17.7. The third-order valence-electron chi connectivity index (χ3n) is 6.08. The molecule has 1 saturated heterocycles. The summed E-state index contributed by atoms with van der Waals surface area (Å²) >= 11 is 0. The van der Waals surface area contributed by atoms with E-state index in [1.54, 1.807) is 0 Å². The van der Waals surface area contributed by atoms with Crippen LogP contribution in [-0.2, 0) is 4.79 Å². The van der Waals surface area contributed by atoms with Crippen LogP contribution in [0, 0.1) is 0 Å². The number of quaternary nitrogens is 1. The van der Waals surface area contributed by atoms with Gasteiger partial charge in [-0.05, 0) is 43.0 Å². The molecule has 1 aliphatic heterocycles. The van der Waals surface area contributed by atoms with Gasteiger partial charge >= 0.3 is 0 Å². The van der Waals surface area contributed by atoms with Crippen LogP contribution in [0.3, 0.4) is 0 Å². The molecule has 1 fully saturated rings. The number of benzene rings is 2. The molecule has 0 radical (unpaired) electrons. The Morgan fingerprint density at radius 3 is 2.28 bits per heavy atom. The van der Waals surface area contributed by atoms with Crippen LogP contribution in [0.25, 0.3) is 0 Å². The maximum Gasteiger partial charge on any atom is 0.282 e. The second-order valence-corrected chi connectivity index (χ2v) is 7.92. The van der Waals surface area contributed by atoms with Gasteiger partial charge in [0.2, 0.25) is 0 Å². The molecule has 0 aliphatic carbocycles. The summed E-state index contributed by atoms with van der Waals surface area (Å²) in [5.41, 5.74) is 2.82. The molecule has 0 spiro atoms. The third-order valence-corrected chi connectivity index (χ3v) is 6.08. The van der Waals surface area contributed by atoms with Gasteiger partial charge in [-0.15, -0.1) is 0 Å². The number of carbonyl (C=O) groups is 2. The molecule has 2 aromatic carbocycles. The van der Waals surface area contributed by atoms with Gasteiger partial charge in [-0.2, -0.15) is 0 Å². The second-order valence-electron chi connectivity index (χ2n) is 7.92. The Labute approximate surface area is 173 Å². The Bertz CT molecular complexity index is 829. The summed E-state index contributed by atoms with van der Waals surface area (Å²) in [6.45, 7) is 9.22. The van der Waals surface area contributed by atoms with Crippen molar-refractivity contribution in [1.29, 1.82) is 0 Å². The topological polar surface area (TPSA) is 53.9 Å². The first-order valence-electron chi connectivity index (χ1n) is 10.6. The summed E-state index contributed by atoms with van der Waals surface area (Å²) in [7, 11) is 0. The molecular formula is C24H32N3O2+. The van der Waals surface area contributed by atoms with Crippen molar-refractivity contribution in [1.82, 2.24) is 4.90 Å². The Balaban J connectivity index is 1.57. The molecule has 2 N–H and O–H groups in total. The number of piperazine rings is 1. The minimum absolute atomic E-state index is 0.0404. The highest BCUT2D eigenvalue weighted by molar-refractivity contribution is 5.95. The van der Waals surface area contributed by atoms with Gasteiger partial charge in [0.05, 0.1) is 26.2 Å². The third kappa shape index (κ3) is 5.04. The number of amides is 2. The predicted molar refractivity (Wildman–Crippen MR) is 116 cm³/mol. The molecule has 29 heavy (non-hydrogen) atoms. The summed E-state index contributed by atoms with van der Waals surface area (Å²) < 4.78 is 0. The second kappa shape index (κ2) is 9.70. The predicted octanol–water partition coefficient (Wildman–Crippen LogP) is 2.57. The summed E-state index contributed by atoms with van der Waals surface area (Å²) in [4.78, 5) is 28.6. The summed E-state index contributed by atoms with van der Waals surface area (Å²) in [6, 6.07) is 17.3. The SMILES string of the molecule is CC[C@@H](C)c1ccccc1NC(=O)[C@@H](C)[NH+]1CCN(C(=O)c2ccccc2)CC1. The maximum atomic E-state index is 12.9. The molecule has 2 aromatic rings. The van der Waals surface area contributed by atoms with Gasteiger partial charge in [0.25, 0.3) is 11.8 Å². The van der Waals surface area contributed by atoms with E-state index in [2.05, 4.69) is 25.2 Å². The summed E-state index contributed by atoms with van der Waals surface area (Å²) in [5, 5.41) is 3.14. The lowest BCUT2D eigenvalue weighted by atomic mass is 9.97. The number of anilines is 1. The van der Waals surface area contributed by atoms with Crippen molar-refractivity contribution in [3.8, 4) is 0 Å². The fourth-order valence-electron chi connectivity index (χ4n) is 3.88. The van der Waals surface area contributed by atoms with E-state index in [-0.39, 0.29) is 17.9 Å². The first-order valence-corrected chi connectivity index (χ1v) is 10.6. The van der Waals surface area contributed by atoms with Crippen LogP contribution in [0.2, 0.25) is 0 Å². The van der Waals surface area contributed by atoms with Crippen LogP contribution >= 0.6 is 0 Å². The highest BCUT2D eigenvalue weighted by Gasteiger charge is 2.31. The summed E-state index contributed by atoms with van der Waals surface area (Å²) in [5.74, 6) is 0.518. The molecule has 1 heterocycles. The molecule has 0 aromatic heterocycles. The first kappa shape index (κ1) is 21.1. The van der Waals surface area contributed by atoms with Crippen molar-refractivity contribution in [3.63, 3.8) is 0 Å². The van der Waals surface area contributed by atoms with Gasteiger partial charge in [0.15, 0.2) is 6.04 Å². The van der Waals surface area contributed by atoms with E-state index in [1.807, 2.05) is 60.4 Å². The van der Waals surface area contributed by atoms with E-state index in [9.17, 15) is 9.59 Å². The van der Waals surface area contributed by atoms with Gasteiger partial charge in [0.1, 0.15) is 0 Å². The lowest BCUT2D eigenvalue weighted by Gasteiger charge is -2.35. The van der Waals surface area contributed by atoms with E-state index in [4.69, 9.17) is 0 Å². The quantitative estimate of drug-likeness (QED) is 0.791. The Kier molecular flexibility index (Phi) is 7.04. The Morgan fingerprint density at radius 2 is 1.62 bits per heavy atom. The number of nitrogens with one attached hydrogen (secondary N) is 2. The normalized spacial score (nSPS) is 16.9. The number of carbonyl (C=O) groups excluding carboxylic acids is 2. The van der Waals surface area contributed by atoms with Gasteiger partial charge in [0, 0.05) is 11.3 Å². The standard InChI is InChI=1S/C24H31N3O2/c1-4-18(2)21-12-8-9-13-22(21)25-23(28)19(3)26-14-16-27(17-15-26)24(29)20-10-6-5-7-11-20/h5-13,18-19H,4,14-17H2,1-3H3,(H,25,28)/p+1/t18-,19-/m1/s1. The van der Waals surface area contributed by atoms with Crippen molar-refractivity contribution >= 4 is 17.5 Å². The van der Waals surface area contributed by atoms with Crippen molar-refractivity contribution in [2.75, 3.05) is 31.5 Å². The van der Waals surface area contributed by atoms with Crippen LogP contribution in [0.1, 0.15) is 49.0 Å². The van der Waals surface area contributed by atoms with E-state index >= 15 is 0 Å². The van der Waals surface area contributed by atoms with Crippen molar-refractivity contribution in [3.05, 3.63) is 65.7 Å². The molecule has 2 amide bonds. The van der Waals surface area contributed by atoms with Crippen LogP contribution in [-0.4, -0.2) is 48.9 Å². The maximum absolute atomic E-state index is 12.9. The largest absolute Gasteiger partial charge is 0.327 e. The highest BCUT2D eigenvalue weighted by atomic mass is 16.2. The van der Waals surface area contributed by atoms with E-state index in [0.717, 1.165) is 30.8 Å². The molecule has 1 aliphatic rings. The lowest BCUT2D eigenvalue weighted by molar-refractivity contribution is -0.917. The van der Waals surface area contributed by atoms with Crippen LogP contribution in [0.15, 0.2) is 54.6 Å². The smallest absolute Gasteiger partial charge is 0.282 e. The summed E-state index contributed by atoms with van der Waals surface area (Å²) in [6.07, 6.45) is 1.03. The van der Waals surface area contributed by atoms with Gasteiger partial charge in [-0.25, -0.2) is 0 Å². The number of rotatable bonds is 6. The molecule has 0 unspecified atom stereocenters.